The molecule has 3 N–H and O–H groups in total. The van der Waals surface area contributed by atoms with Gasteiger partial charge in [0.25, 0.3) is 0 Å². The third kappa shape index (κ3) is 4.21. The molecule has 0 aromatic carbocycles. The van der Waals surface area contributed by atoms with Crippen molar-refractivity contribution in [3.05, 3.63) is 0 Å². The van der Waals surface area contributed by atoms with Crippen LogP contribution in [0.4, 0.5) is 4.79 Å². The summed E-state index contributed by atoms with van der Waals surface area (Å²) in [6.07, 6.45) is -0.770. The van der Waals surface area contributed by atoms with Crippen LogP contribution in [0, 0.1) is 0 Å². The second-order valence-electron chi connectivity index (χ2n) is 4.07. The number of nitrogens with zero attached hydrogens (tertiary/aromatic N) is 1. The van der Waals surface area contributed by atoms with Crippen LogP contribution in [0.15, 0.2) is 0 Å². The van der Waals surface area contributed by atoms with Crippen LogP contribution in [0.2, 0.25) is 0 Å². The number of carboxylic acid groups (broad SMARTS) is 2. The van der Waals surface area contributed by atoms with Gasteiger partial charge in [0.15, 0.2) is 0 Å². The van der Waals surface area contributed by atoms with E-state index in [1.165, 1.54) is 4.90 Å². The highest BCUT2D eigenvalue weighted by Gasteiger charge is 2.27. The summed E-state index contributed by atoms with van der Waals surface area (Å²) in [5.41, 5.74) is 0. The van der Waals surface area contributed by atoms with Gasteiger partial charge in [-0.05, 0) is 6.92 Å². The largest absolute Gasteiger partial charge is 0.481 e. The summed E-state index contributed by atoms with van der Waals surface area (Å²) in [6.45, 7) is 2.89. The SMILES string of the molecule is CC1CN(C(=O)N[C@H](CC(=O)O)C(=O)O)CCO1. The van der Waals surface area contributed by atoms with E-state index >= 15 is 0 Å². The smallest absolute Gasteiger partial charge is 0.326 e. The van der Waals surface area contributed by atoms with Crippen molar-refractivity contribution >= 4 is 18.0 Å². The molecule has 2 atom stereocenters. The Labute approximate surface area is 104 Å². The predicted molar refractivity (Wildman–Crippen MR) is 59.2 cm³/mol. The van der Waals surface area contributed by atoms with Crippen LogP contribution in [0.25, 0.3) is 0 Å². The molecule has 1 rings (SSSR count). The molecule has 0 bridgehead atoms. The normalized spacial score (nSPS) is 21.2. The number of carbonyl (C=O) groups is 3. The van der Waals surface area contributed by atoms with Crippen molar-refractivity contribution in [2.45, 2.75) is 25.5 Å². The molecule has 2 amide bonds. The summed E-state index contributed by atoms with van der Waals surface area (Å²) in [6, 6.07) is -2.01. The molecule has 0 aliphatic carbocycles. The van der Waals surface area contributed by atoms with Gasteiger partial charge >= 0.3 is 18.0 Å². The van der Waals surface area contributed by atoms with Gasteiger partial charge in [-0.15, -0.1) is 0 Å². The lowest BCUT2D eigenvalue weighted by molar-refractivity contribution is -0.145. The monoisotopic (exact) mass is 260 g/mol. The zero-order valence-electron chi connectivity index (χ0n) is 9.96. The molecular formula is C10H16N2O6. The lowest BCUT2D eigenvalue weighted by Gasteiger charge is -2.31. The lowest BCUT2D eigenvalue weighted by Crippen LogP contribution is -2.53. The number of morpholine rings is 1. The van der Waals surface area contributed by atoms with E-state index in [2.05, 4.69) is 5.32 Å². The number of amides is 2. The van der Waals surface area contributed by atoms with Gasteiger partial charge in [0.2, 0.25) is 0 Å². The fourth-order valence-corrected chi connectivity index (χ4v) is 1.62. The van der Waals surface area contributed by atoms with Crippen LogP contribution in [0.3, 0.4) is 0 Å². The zero-order valence-corrected chi connectivity index (χ0v) is 9.96. The molecule has 102 valence electrons. The number of aliphatic carboxylic acids is 2. The van der Waals surface area contributed by atoms with Crippen LogP contribution in [0.5, 0.6) is 0 Å². The molecule has 1 saturated heterocycles. The second kappa shape index (κ2) is 6.20. The van der Waals surface area contributed by atoms with E-state index in [1.54, 1.807) is 6.92 Å². The van der Waals surface area contributed by atoms with Crippen molar-refractivity contribution in [2.75, 3.05) is 19.7 Å². The molecule has 0 spiro atoms. The summed E-state index contributed by atoms with van der Waals surface area (Å²) in [7, 11) is 0. The summed E-state index contributed by atoms with van der Waals surface area (Å²) >= 11 is 0. The van der Waals surface area contributed by atoms with Crippen molar-refractivity contribution in [3.63, 3.8) is 0 Å². The van der Waals surface area contributed by atoms with E-state index in [1.807, 2.05) is 0 Å². The number of carbonyl (C=O) groups excluding carboxylic acids is 1. The van der Waals surface area contributed by atoms with Gasteiger partial charge in [0, 0.05) is 13.1 Å². The summed E-state index contributed by atoms with van der Waals surface area (Å²) in [4.78, 5) is 34.4. The van der Waals surface area contributed by atoms with Gasteiger partial charge in [-0.2, -0.15) is 0 Å². The number of nitrogens with one attached hydrogen (secondary N) is 1. The maximum absolute atomic E-state index is 11.7. The number of hydrogen-bond acceptors (Lipinski definition) is 4. The van der Waals surface area contributed by atoms with E-state index < -0.39 is 30.4 Å². The molecule has 8 heteroatoms. The number of hydrogen-bond donors (Lipinski definition) is 3. The van der Waals surface area contributed by atoms with Gasteiger partial charge < -0.3 is 25.2 Å². The van der Waals surface area contributed by atoms with Crippen LogP contribution < -0.4 is 5.32 Å². The fraction of sp³-hybridized carbons (Fsp3) is 0.700. The van der Waals surface area contributed by atoms with Gasteiger partial charge in [-0.25, -0.2) is 9.59 Å². The Morgan fingerprint density at radius 2 is 2.11 bits per heavy atom. The lowest BCUT2D eigenvalue weighted by atomic mass is 10.2. The number of carboxylic acids is 2. The first-order valence-electron chi connectivity index (χ1n) is 5.51. The third-order valence-electron chi connectivity index (χ3n) is 2.50. The minimum absolute atomic E-state index is 0.118. The molecule has 1 aliphatic rings. The van der Waals surface area contributed by atoms with E-state index in [-0.39, 0.29) is 6.10 Å². The average molecular weight is 260 g/mol. The minimum atomic E-state index is -1.42. The summed E-state index contributed by atoms with van der Waals surface area (Å²) in [5.74, 6) is -2.65. The van der Waals surface area contributed by atoms with Crippen LogP contribution in [-0.2, 0) is 14.3 Å². The summed E-state index contributed by atoms with van der Waals surface area (Å²) in [5, 5.41) is 19.5. The Hall–Kier alpha value is -1.83. The van der Waals surface area contributed by atoms with Gasteiger partial charge in [0.05, 0.1) is 19.1 Å². The van der Waals surface area contributed by atoms with E-state index in [0.717, 1.165) is 0 Å². The molecule has 0 radical (unpaired) electrons. The van der Waals surface area contributed by atoms with Crippen LogP contribution in [-0.4, -0.2) is 64.9 Å². The van der Waals surface area contributed by atoms with E-state index in [9.17, 15) is 14.4 Å². The zero-order chi connectivity index (χ0) is 13.7. The maximum atomic E-state index is 11.7. The molecule has 8 nitrogen and oxygen atoms in total. The molecule has 0 aromatic heterocycles. The standard InChI is InChI=1S/C10H16N2O6/c1-6-5-12(2-3-18-6)10(17)11-7(9(15)16)4-8(13)14/h6-7H,2-5H2,1H3,(H,11,17)(H,13,14)(H,15,16)/t6?,7-/m1/s1. The highest BCUT2D eigenvalue weighted by molar-refractivity contribution is 5.86. The molecule has 0 aromatic rings. The average Bonchev–Trinajstić information content (AvgIpc) is 2.27. The fourth-order valence-electron chi connectivity index (χ4n) is 1.62. The van der Waals surface area contributed by atoms with E-state index in [4.69, 9.17) is 14.9 Å². The topological polar surface area (TPSA) is 116 Å². The van der Waals surface area contributed by atoms with Crippen LogP contribution in [0.1, 0.15) is 13.3 Å². The second-order valence-corrected chi connectivity index (χ2v) is 4.07. The molecular weight excluding hydrogens is 244 g/mol. The maximum Gasteiger partial charge on any atom is 0.326 e. The first-order valence-corrected chi connectivity index (χ1v) is 5.51. The number of urea groups is 1. The van der Waals surface area contributed by atoms with E-state index in [0.29, 0.717) is 19.7 Å². The molecule has 1 unspecified atom stereocenters. The molecule has 1 aliphatic heterocycles. The first-order chi connectivity index (χ1) is 8.40. The Morgan fingerprint density at radius 3 is 2.61 bits per heavy atom. The molecule has 18 heavy (non-hydrogen) atoms. The molecule has 1 heterocycles. The summed E-state index contributed by atoms with van der Waals surface area (Å²) < 4.78 is 5.24. The Kier molecular flexibility index (Phi) is 4.90. The quantitative estimate of drug-likeness (QED) is 0.618. The van der Waals surface area contributed by atoms with Gasteiger partial charge in [-0.3, -0.25) is 4.79 Å². The minimum Gasteiger partial charge on any atom is -0.481 e. The third-order valence-corrected chi connectivity index (χ3v) is 2.50. The molecule has 0 saturated carbocycles. The van der Waals surface area contributed by atoms with Gasteiger partial charge in [-0.1, -0.05) is 0 Å². The molecule has 1 fully saturated rings. The first kappa shape index (κ1) is 14.2. The van der Waals surface area contributed by atoms with Crippen LogP contribution >= 0.6 is 0 Å². The Morgan fingerprint density at radius 1 is 1.44 bits per heavy atom. The van der Waals surface area contributed by atoms with Crippen molar-refractivity contribution in [1.82, 2.24) is 10.2 Å². The Bertz CT molecular complexity index is 345. The predicted octanol–water partition coefficient (Wildman–Crippen LogP) is -0.655. The Balaban J connectivity index is 2.54. The van der Waals surface area contributed by atoms with Crippen molar-refractivity contribution in [1.29, 1.82) is 0 Å². The van der Waals surface area contributed by atoms with Crippen molar-refractivity contribution in [2.24, 2.45) is 0 Å². The number of ether oxygens (including phenoxy) is 1. The number of rotatable bonds is 4. The van der Waals surface area contributed by atoms with Crippen molar-refractivity contribution < 1.29 is 29.3 Å². The van der Waals surface area contributed by atoms with Gasteiger partial charge in [0.1, 0.15) is 6.04 Å². The highest BCUT2D eigenvalue weighted by Crippen LogP contribution is 2.05. The van der Waals surface area contributed by atoms with Crippen molar-refractivity contribution in [3.8, 4) is 0 Å². The highest BCUT2D eigenvalue weighted by atomic mass is 16.5.